The largest absolute Gasteiger partial charge is 0.353 e. The van der Waals surface area contributed by atoms with Crippen LogP contribution in [-0.4, -0.2) is 22.0 Å². The van der Waals surface area contributed by atoms with Crippen molar-refractivity contribution < 1.29 is 4.79 Å². The highest BCUT2D eigenvalue weighted by Crippen LogP contribution is 2.05. The molecule has 0 atom stereocenters. The van der Waals surface area contributed by atoms with E-state index in [1.165, 1.54) is 28.0 Å². The number of nitrogens with one attached hydrogen (secondary N) is 2. The molecule has 0 aliphatic carbocycles. The number of hydrogen-bond acceptors (Lipinski definition) is 3. The van der Waals surface area contributed by atoms with E-state index in [1.807, 2.05) is 13.0 Å². The number of nitrogens with zero attached hydrogens (tertiary/aromatic N) is 1. The Bertz CT molecular complexity index is 692. The zero-order chi connectivity index (χ0) is 17.2. The predicted molar refractivity (Wildman–Crippen MR) is 91.4 cm³/mol. The molecule has 0 radical (unpaired) electrons. The van der Waals surface area contributed by atoms with Gasteiger partial charge in [0, 0.05) is 31.8 Å². The highest BCUT2D eigenvalue weighted by molar-refractivity contribution is 5.75. The first-order valence-electron chi connectivity index (χ1n) is 7.74. The van der Waals surface area contributed by atoms with Crippen LogP contribution in [0.5, 0.6) is 0 Å². The molecule has 0 saturated carbocycles. The molecule has 23 heavy (non-hydrogen) atoms. The van der Waals surface area contributed by atoms with Crippen LogP contribution in [0.25, 0.3) is 0 Å². The number of H-pyrrole nitrogens is 1. The van der Waals surface area contributed by atoms with Crippen molar-refractivity contribution in [3.05, 3.63) is 56.4 Å². The van der Waals surface area contributed by atoms with Crippen molar-refractivity contribution in [1.82, 2.24) is 14.9 Å². The standard InChI is InChI=1S/C17H25N3O3/c1-13(2)5-4-6-14(3)7-10-18-15(21)8-11-20-12-9-16(22)19-17(20)23/h5,7,9,12H,4,6,8,10-11H2,1-3H3,(H,18,21)(H,19,22,23)/b14-7+. The molecule has 1 amide bonds. The Balaban J connectivity index is 2.33. The number of allylic oxidation sites excluding steroid dienone is 3. The predicted octanol–water partition coefficient (Wildman–Crippen LogP) is 1.74. The third kappa shape index (κ3) is 7.99. The van der Waals surface area contributed by atoms with Gasteiger partial charge in [0.15, 0.2) is 0 Å². The minimum atomic E-state index is -0.500. The Morgan fingerprint density at radius 2 is 1.96 bits per heavy atom. The van der Waals surface area contributed by atoms with Crippen LogP contribution >= 0.6 is 0 Å². The average molecular weight is 319 g/mol. The number of amides is 1. The van der Waals surface area contributed by atoms with Gasteiger partial charge in [-0.15, -0.1) is 0 Å². The normalized spacial score (nSPS) is 11.2. The second-order valence-electron chi connectivity index (χ2n) is 5.73. The molecule has 2 N–H and O–H groups in total. The van der Waals surface area contributed by atoms with Crippen LogP contribution in [0.3, 0.4) is 0 Å². The van der Waals surface area contributed by atoms with Gasteiger partial charge in [-0.05, 0) is 33.6 Å². The van der Waals surface area contributed by atoms with Gasteiger partial charge in [0.05, 0.1) is 0 Å². The minimum absolute atomic E-state index is 0.128. The van der Waals surface area contributed by atoms with E-state index < -0.39 is 11.2 Å². The number of carbonyl (C=O) groups is 1. The summed E-state index contributed by atoms with van der Waals surface area (Å²) in [5.74, 6) is -0.128. The van der Waals surface area contributed by atoms with Gasteiger partial charge >= 0.3 is 5.69 Å². The molecule has 6 nitrogen and oxygen atoms in total. The minimum Gasteiger partial charge on any atom is -0.353 e. The van der Waals surface area contributed by atoms with Crippen molar-refractivity contribution in [2.24, 2.45) is 0 Å². The third-order valence-electron chi connectivity index (χ3n) is 3.32. The van der Waals surface area contributed by atoms with Crippen LogP contribution in [0.2, 0.25) is 0 Å². The summed E-state index contributed by atoms with van der Waals surface area (Å²) in [4.78, 5) is 36.3. The molecule has 1 rings (SSSR count). The molecule has 126 valence electrons. The monoisotopic (exact) mass is 319 g/mol. The summed E-state index contributed by atoms with van der Waals surface area (Å²) in [5, 5.41) is 2.80. The Kier molecular flexibility index (Phi) is 7.80. The molecule has 0 saturated heterocycles. The summed E-state index contributed by atoms with van der Waals surface area (Å²) in [6.45, 7) is 6.93. The topological polar surface area (TPSA) is 84.0 Å². The molecule has 6 heteroatoms. The molecular weight excluding hydrogens is 294 g/mol. The quantitative estimate of drug-likeness (QED) is 0.716. The third-order valence-corrected chi connectivity index (χ3v) is 3.32. The van der Waals surface area contributed by atoms with Crippen LogP contribution in [0.4, 0.5) is 0 Å². The van der Waals surface area contributed by atoms with Crippen molar-refractivity contribution in [2.45, 2.75) is 46.6 Å². The maximum absolute atomic E-state index is 11.7. The molecule has 0 aromatic carbocycles. The summed E-state index contributed by atoms with van der Waals surface area (Å²) in [7, 11) is 0. The molecule has 0 spiro atoms. The molecule has 1 aromatic rings. The number of carbonyl (C=O) groups excluding carboxylic acids is 1. The lowest BCUT2D eigenvalue weighted by Gasteiger charge is -2.05. The summed E-state index contributed by atoms with van der Waals surface area (Å²) in [6.07, 6.45) is 7.76. The number of hydrogen-bond donors (Lipinski definition) is 2. The molecule has 1 heterocycles. The van der Waals surface area contributed by atoms with Crippen molar-refractivity contribution in [2.75, 3.05) is 6.54 Å². The smallest absolute Gasteiger partial charge is 0.328 e. The number of aryl methyl sites for hydroxylation is 1. The van der Waals surface area contributed by atoms with E-state index in [9.17, 15) is 14.4 Å². The highest BCUT2D eigenvalue weighted by Gasteiger charge is 2.02. The van der Waals surface area contributed by atoms with Crippen LogP contribution in [0.15, 0.2) is 45.2 Å². The Morgan fingerprint density at radius 3 is 2.61 bits per heavy atom. The summed E-state index contributed by atoms with van der Waals surface area (Å²) >= 11 is 0. The van der Waals surface area contributed by atoms with E-state index in [4.69, 9.17) is 0 Å². The SMILES string of the molecule is CC(C)=CCC/C(C)=C/CNC(=O)CCn1ccc(=O)[nH]c1=O. The van der Waals surface area contributed by atoms with Crippen LogP contribution in [0.1, 0.15) is 40.0 Å². The van der Waals surface area contributed by atoms with Gasteiger partial charge < -0.3 is 9.88 Å². The lowest BCUT2D eigenvalue weighted by molar-refractivity contribution is -0.121. The number of rotatable bonds is 8. The van der Waals surface area contributed by atoms with Gasteiger partial charge in [-0.1, -0.05) is 23.3 Å². The van der Waals surface area contributed by atoms with Gasteiger partial charge in [0.1, 0.15) is 0 Å². The van der Waals surface area contributed by atoms with E-state index >= 15 is 0 Å². The molecule has 0 aliphatic heterocycles. The molecule has 0 unspecified atom stereocenters. The van der Waals surface area contributed by atoms with E-state index in [0.29, 0.717) is 6.54 Å². The van der Waals surface area contributed by atoms with Gasteiger partial charge in [-0.3, -0.25) is 14.6 Å². The van der Waals surface area contributed by atoms with E-state index in [-0.39, 0.29) is 18.9 Å². The summed E-state index contributed by atoms with van der Waals surface area (Å²) in [6, 6.07) is 1.26. The molecule has 0 aliphatic rings. The van der Waals surface area contributed by atoms with Crippen molar-refractivity contribution in [1.29, 1.82) is 0 Å². The average Bonchev–Trinajstić information content (AvgIpc) is 2.46. The summed E-state index contributed by atoms with van der Waals surface area (Å²) in [5.41, 5.74) is 1.60. The van der Waals surface area contributed by atoms with Crippen molar-refractivity contribution in [3.63, 3.8) is 0 Å². The fourth-order valence-corrected chi connectivity index (χ4v) is 1.96. The zero-order valence-corrected chi connectivity index (χ0v) is 14.0. The van der Waals surface area contributed by atoms with Crippen molar-refractivity contribution in [3.8, 4) is 0 Å². The van der Waals surface area contributed by atoms with Crippen LogP contribution < -0.4 is 16.6 Å². The lowest BCUT2D eigenvalue weighted by atomic mass is 10.1. The first kappa shape index (κ1) is 18.7. The Hall–Kier alpha value is -2.37. The lowest BCUT2D eigenvalue weighted by Crippen LogP contribution is -2.31. The second kappa shape index (κ2) is 9.61. The van der Waals surface area contributed by atoms with Gasteiger partial charge in [0.25, 0.3) is 5.56 Å². The maximum atomic E-state index is 11.7. The first-order chi connectivity index (χ1) is 10.9. The Labute approximate surface area is 135 Å². The van der Waals surface area contributed by atoms with Crippen LogP contribution in [-0.2, 0) is 11.3 Å². The maximum Gasteiger partial charge on any atom is 0.328 e. The van der Waals surface area contributed by atoms with E-state index in [2.05, 4.69) is 30.2 Å². The fraction of sp³-hybridized carbons (Fsp3) is 0.471. The van der Waals surface area contributed by atoms with E-state index in [1.54, 1.807) is 0 Å². The second-order valence-corrected chi connectivity index (χ2v) is 5.73. The van der Waals surface area contributed by atoms with Crippen LogP contribution in [0, 0.1) is 0 Å². The highest BCUT2D eigenvalue weighted by atomic mass is 16.2. The molecule has 0 bridgehead atoms. The van der Waals surface area contributed by atoms with Gasteiger partial charge in [-0.2, -0.15) is 0 Å². The van der Waals surface area contributed by atoms with E-state index in [0.717, 1.165) is 12.8 Å². The Morgan fingerprint density at radius 1 is 1.22 bits per heavy atom. The van der Waals surface area contributed by atoms with Gasteiger partial charge in [-0.25, -0.2) is 4.79 Å². The molecule has 1 aromatic heterocycles. The van der Waals surface area contributed by atoms with Gasteiger partial charge in [0.2, 0.25) is 5.91 Å². The first-order valence-corrected chi connectivity index (χ1v) is 7.74. The number of aromatic amines is 1. The molecule has 0 fully saturated rings. The fourth-order valence-electron chi connectivity index (χ4n) is 1.96. The molecular formula is C17H25N3O3. The number of aromatic nitrogens is 2. The van der Waals surface area contributed by atoms with Crippen molar-refractivity contribution >= 4 is 5.91 Å². The zero-order valence-electron chi connectivity index (χ0n) is 14.0. The summed E-state index contributed by atoms with van der Waals surface area (Å²) < 4.78 is 1.31.